The molecule has 3 amide bonds. The van der Waals surface area contributed by atoms with Crippen molar-refractivity contribution in [2.24, 2.45) is 5.92 Å². The number of nitrogens with one attached hydrogen (secondary N) is 3. The van der Waals surface area contributed by atoms with Crippen LogP contribution in [0.2, 0.25) is 5.02 Å². The molecule has 18 heteroatoms. The molecule has 5 heterocycles. The van der Waals surface area contributed by atoms with Gasteiger partial charge in [-0.2, -0.15) is 27.9 Å². The molecule has 1 aromatic carbocycles. The molecule has 0 atom stereocenters. The van der Waals surface area contributed by atoms with Crippen molar-refractivity contribution < 1.29 is 27.6 Å². The first-order valence-corrected chi connectivity index (χ1v) is 16.3. The standard InChI is InChI=1S/C32H35ClF3N11O3/c1-44(2)25-7-10-38-31(43-25)47-26(32(34,35)36)20(17-40-47)15-22-18-39-27(41-22)28(48)42-21-3-4-23(24(33)16-21)30(50)46-13-11-45(12-14-46)29(49)19-5-8-37-9-6-19/h3-4,7,10,16-19,37H,5-6,8-9,11-15H2,1-2H3,(H,39,41)(H,42,48). The Morgan fingerprint density at radius 3 is 2.42 bits per heavy atom. The molecular formula is C32H35ClF3N11O3. The number of imidazole rings is 1. The molecule has 0 radical (unpaired) electrons. The molecule has 14 nitrogen and oxygen atoms in total. The first-order chi connectivity index (χ1) is 23.9. The van der Waals surface area contributed by atoms with E-state index >= 15 is 0 Å². The van der Waals surface area contributed by atoms with Crippen LogP contribution in [0.3, 0.4) is 0 Å². The molecule has 3 aromatic heterocycles. The molecule has 4 aromatic rings. The van der Waals surface area contributed by atoms with Crippen molar-refractivity contribution in [2.45, 2.75) is 25.4 Å². The summed E-state index contributed by atoms with van der Waals surface area (Å²) in [5.74, 6) is -0.771. The van der Waals surface area contributed by atoms with Crippen LogP contribution in [0.4, 0.5) is 24.7 Å². The van der Waals surface area contributed by atoms with Gasteiger partial charge in [-0.3, -0.25) is 14.4 Å². The van der Waals surface area contributed by atoms with Gasteiger partial charge in [0.05, 0.1) is 16.8 Å². The number of H-pyrrole nitrogens is 1. The molecule has 2 fully saturated rings. The number of alkyl halides is 3. The minimum absolute atomic E-state index is 0.0170. The van der Waals surface area contributed by atoms with Crippen LogP contribution in [0.15, 0.2) is 42.9 Å². The van der Waals surface area contributed by atoms with E-state index in [1.54, 1.807) is 30.0 Å². The largest absolute Gasteiger partial charge is 0.433 e. The maximum Gasteiger partial charge on any atom is 0.433 e. The zero-order valence-corrected chi connectivity index (χ0v) is 28.1. The summed E-state index contributed by atoms with van der Waals surface area (Å²) < 4.78 is 43.3. The summed E-state index contributed by atoms with van der Waals surface area (Å²) in [6.07, 6.45) is 0.286. The first kappa shape index (κ1) is 34.8. The van der Waals surface area contributed by atoms with Crippen LogP contribution in [-0.4, -0.2) is 111 Å². The number of halogens is 4. The minimum atomic E-state index is -4.78. The van der Waals surface area contributed by atoms with Crippen LogP contribution in [0, 0.1) is 5.92 Å². The maximum absolute atomic E-state index is 14.2. The third kappa shape index (κ3) is 7.57. The SMILES string of the molecule is CN(C)c1ccnc(-n2ncc(Cc3cnc(C(=O)Nc4ccc(C(=O)N5CCN(C(=O)C6CCNCC6)CC5)c(Cl)c4)[nH]3)c2C(F)(F)F)n1. The van der Waals surface area contributed by atoms with Crippen LogP contribution >= 0.6 is 11.6 Å². The highest BCUT2D eigenvalue weighted by molar-refractivity contribution is 6.34. The average molecular weight is 714 g/mol. The monoisotopic (exact) mass is 713 g/mol. The van der Waals surface area contributed by atoms with Gasteiger partial charge in [0.15, 0.2) is 11.5 Å². The highest BCUT2D eigenvalue weighted by Crippen LogP contribution is 2.34. The Labute approximate surface area is 290 Å². The molecule has 2 aliphatic heterocycles. The lowest BCUT2D eigenvalue weighted by Gasteiger charge is -2.37. The Hall–Kier alpha value is -5.03. The zero-order chi connectivity index (χ0) is 35.6. The fourth-order valence-electron chi connectivity index (χ4n) is 6.01. The van der Waals surface area contributed by atoms with Gasteiger partial charge in [-0.15, -0.1) is 0 Å². The number of hydrogen-bond donors (Lipinski definition) is 3. The number of piperidine rings is 1. The van der Waals surface area contributed by atoms with Gasteiger partial charge >= 0.3 is 6.18 Å². The van der Waals surface area contributed by atoms with Gasteiger partial charge in [-0.1, -0.05) is 11.6 Å². The van der Waals surface area contributed by atoms with Crippen LogP contribution in [0.5, 0.6) is 0 Å². The molecule has 0 saturated carbocycles. The Morgan fingerprint density at radius 1 is 1.02 bits per heavy atom. The molecule has 2 aliphatic rings. The van der Waals surface area contributed by atoms with Crippen molar-refractivity contribution in [3.8, 4) is 5.95 Å². The predicted molar refractivity (Wildman–Crippen MR) is 177 cm³/mol. The normalized spacial score (nSPS) is 15.6. The van der Waals surface area contributed by atoms with Gasteiger partial charge < -0.3 is 30.3 Å². The van der Waals surface area contributed by atoms with E-state index in [0.717, 1.165) is 32.1 Å². The van der Waals surface area contributed by atoms with Crippen LogP contribution in [-0.2, 0) is 17.4 Å². The van der Waals surface area contributed by atoms with Crippen LogP contribution in [0.25, 0.3) is 5.95 Å². The smallest absolute Gasteiger partial charge is 0.363 e. The van der Waals surface area contributed by atoms with E-state index in [1.807, 2.05) is 4.90 Å². The lowest BCUT2D eigenvalue weighted by Crippen LogP contribution is -2.52. The molecule has 2 saturated heterocycles. The maximum atomic E-state index is 14.2. The van der Waals surface area contributed by atoms with Crippen LogP contribution in [0.1, 0.15) is 50.8 Å². The number of benzene rings is 1. The van der Waals surface area contributed by atoms with Gasteiger partial charge in [0.1, 0.15) is 5.82 Å². The highest BCUT2D eigenvalue weighted by Gasteiger charge is 2.39. The Kier molecular flexibility index (Phi) is 10.1. The molecule has 0 aliphatic carbocycles. The summed E-state index contributed by atoms with van der Waals surface area (Å²) in [5, 5.41) is 9.94. The molecule has 0 bridgehead atoms. The molecule has 264 valence electrons. The number of aromatic amines is 1. The fraction of sp³-hybridized carbons (Fsp3) is 0.406. The third-order valence-corrected chi connectivity index (χ3v) is 8.95. The number of amides is 3. The number of anilines is 2. The number of carbonyl (C=O) groups excluding carboxylic acids is 3. The van der Waals surface area contributed by atoms with Crippen LogP contribution < -0.4 is 15.5 Å². The summed E-state index contributed by atoms with van der Waals surface area (Å²) in [7, 11) is 3.40. The van der Waals surface area contributed by atoms with Gasteiger partial charge in [-0.05, 0) is 50.2 Å². The van der Waals surface area contributed by atoms with E-state index in [4.69, 9.17) is 11.6 Å². The fourth-order valence-corrected chi connectivity index (χ4v) is 6.27. The number of aromatic nitrogens is 6. The van der Waals surface area contributed by atoms with E-state index in [9.17, 15) is 27.6 Å². The number of nitrogens with zero attached hydrogens (tertiary/aromatic N) is 8. The summed E-state index contributed by atoms with van der Waals surface area (Å²) in [5.41, 5.74) is -0.449. The van der Waals surface area contributed by atoms with Crippen molar-refractivity contribution >= 4 is 40.8 Å². The number of hydrogen-bond acceptors (Lipinski definition) is 9. The zero-order valence-electron chi connectivity index (χ0n) is 27.3. The van der Waals surface area contributed by atoms with Crippen molar-refractivity contribution in [3.05, 3.63) is 76.2 Å². The van der Waals surface area contributed by atoms with E-state index < -0.39 is 17.8 Å². The van der Waals surface area contributed by atoms with Crippen molar-refractivity contribution in [1.29, 1.82) is 0 Å². The number of rotatable bonds is 8. The third-order valence-electron chi connectivity index (χ3n) is 8.64. The average Bonchev–Trinajstić information content (AvgIpc) is 3.76. The second-order valence-corrected chi connectivity index (χ2v) is 12.7. The topological polar surface area (TPSA) is 157 Å². The second kappa shape index (κ2) is 14.4. The summed E-state index contributed by atoms with van der Waals surface area (Å²) in [6.45, 7) is 3.32. The summed E-state index contributed by atoms with van der Waals surface area (Å²) >= 11 is 6.47. The molecular weight excluding hydrogens is 679 g/mol. The van der Waals surface area contributed by atoms with Crippen molar-refractivity contribution in [2.75, 3.05) is 63.6 Å². The lowest BCUT2D eigenvalue weighted by molar-refractivity contribution is -0.143. The lowest BCUT2D eigenvalue weighted by atomic mass is 9.96. The molecule has 0 spiro atoms. The number of piperazine rings is 1. The van der Waals surface area contributed by atoms with E-state index in [1.165, 1.54) is 30.6 Å². The minimum Gasteiger partial charge on any atom is -0.363 e. The van der Waals surface area contributed by atoms with Gasteiger partial charge in [-0.25, -0.2) is 9.97 Å². The Balaban J connectivity index is 1.08. The molecule has 3 N–H and O–H groups in total. The predicted octanol–water partition coefficient (Wildman–Crippen LogP) is 3.25. The van der Waals surface area contributed by atoms with Crippen molar-refractivity contribution in [3.63, 3.8) is 0 Å². The van der Waals surface area contributed by atoms with Crippen molar-refractivity contribution in [1.82, 2.24) is 44.8 Å². The van der Waals surface area contributed by atoms with E-state index in [-0.39, 0.29) is 63.5 Å². The summed E-state index contributed by atoms with van der Waals surface area (Å²) in [6, 6.07) is 6.03. The van der Waals surface area contributed by atoms with Gasteiger partial charge in [0, 0.05) is 82.0 Å². The quantitative estimate of drug-likeness (QED) is 0.249. The first-order valence-electron chi connectivity index (χ1n) is 16.0. The Bertz CT molecular complexity index is 1880. The van der Waals surface area contributed by atoms with Gasteiger partial charge in [0.25, 0.3) is 17.8 Å². The summed E-state index contributed by atoms with van der Waals surface area (Å²) in [4.78, 5) is 59.2. The number of carbonyl (C=O) groups is 3. The molecule has 6 rings (SSSR count). The Morgan fingerprint density at radius 2 is 1.74 bits per heavy atom. The molecule has 0 unspecified atom stereocenters. The second-order valence-electron chi connectivity index (χ2n) is 12.3. The molecule has 50 heavy (non-hydrogen) atoms. The van der Waals surface area contributed by atoms with Gasteiger partial charge in [0.2, 0.25) is 5.91 Å². The van der Waals surface area contributed by atoms with E-state index in [0.29, 0.717) is 36.7 Å². The highest BCUT2D eigenvalue weighted by atomic mass is 35.5. The van der Waals surface area contributed by atoms with E-state index in [2.05, 4.69) is 35.7 Å².